The fourth-order valence-electron chi connectivity index (χ4n) is 1.41. The molecule has 0 saturated carbocycles. The van der Waals surface area contributed by atoms with Crippen LogP contribution in [0.2, 0.25) is 0 Å². The molecule has 6 heteroatoms. The highest BCUT2D eigenvalue weighted by atomic mass is 79.9. The lowest BCUT2D eigenvalue weighted by Gasteiger charge is -2.06. The lowest BCUT2D eigenvalue weighted by Crippen LogP contribution is -2.05. The number of hydrogen-bond donors (Lipinski definition) is 1. The highest BCUT2D eigenvalue weighted by molar-refractivity contribution is 9.10. The maximum absolute atomic E-state index is 12.0. The van der Waals surface area contributed by atoms with Crippen molar-refractivity contribution in [2.75, 3.05) is 5.73 Å². The van der Waals surface area contributed by atoms with Crippen molar-refractivity contribution < 1.29 is 8.42 Å². The molecule has 0 atom stereocenters. The van der Waals surface area contributed by atoms with Crippen molar-refractivity contribution in [3.8, 4) is 0 Å². The normalized spacial score (nSPS) is 11.6. The van der Waals surface area contributed by atoms with Gasteiger partial charge in [0, 0.05) is 10.2 Å². The summed E-state index contributed by atoms with van der Waals surface area (Å²) in [5.41, 5.74) is 6.90. The van der Waals surface area contributed by atoms with Gasteiger partial charge in [-0.25, -0.2) is 8.42 Å². The van der Waals surface area contributed by atoms with Crippen LogP contribution in [-0.2, 0) is 15.6 Å². The molecule has 0 bridgehead atoms. The molecular formula is C11H10BrNO2S2. The molecule has 0 fully saturated rings. The second-order valence-corrected chi connectivity index (χ2v) is 7.61. The number of thiophene rings is 1. The van der Waals surface area contributed by atoms with Crippen LogP contribution in [0.25, 0.3) is 0 Å². The second-order valence-electron chi connectivity index (χ2n) is 3.53. The van der Waals surface area contributed by atoms with Gasteiger partial charge < -0.3 is 5.73 Å². The zero-order valence-corrected chi connectivity index (χ0v) is 12.0. The summed E-state index contributed by atoms with van der Waals surface area (Å²) < 4.78 is 25.3. The molecular weight excluding hydrogens is 322 g/mol. The minimum Gasteiger partial charge on any atom is -0.398 e. The summed E-state index contributed by atoms with van der Waals surface area (Å²) in [4.78, 5) is 0. The van der Waals surface area contributed by atoms with Gasteiger partial charge in [-0.3, -0.25) is 0 Å². The van der Waals surface area contributed by atoms with E-state index in [0.29, 0.717) is 15.5 Å². The molecule has 17 heavy (non-hydrogen) atoms. The first-order chi connectivity index (χ1) is 7.99. The number of nitrogen functional groups attached to an aromatic ring is 1. The number of anilines is 1. The van der Waals surface area contributed by atoms with Crippen LogP contribution in [0.4, 0.5) is 5.69 Å². The molecule has 0 aliphatic carbocycles. The lowest BCUT2D eigenvalue weighted by atomic mass is 10.2. The summed E-state index contributed by atoms with van der Waals surface area (Å²) in [6.07, 6.45) is 0. The highest BCUT2D eigenvalue weighted by Crippen LogP contribution is 2.25. The number of halogens is 1. The quantitative estimate of drug-likeness (QED) is 0.879. The van der Waals surface area contributed by atoms with E-state index < -0.39 is 9.84 Å². The number of rotatable bonds is 3. The van der Waals surface area contributed by atoms with E-state index in [1.54, 1.807) is 35.7 Å². The Labute approximate surface area is 112 Å². The molecule has 3 nitrogen and oxygen atoms in total. The predicted octanol–water partition coefficient (Wildman–Crippen LogP) is 3.07. The van der Waals surface area contributed by atoms with Crippen LogP contribution in [0, 0.1) is 0 Å². The molecule has 2 N–H and O–H groups in total. The fraction of sp³-hybridized carbons (Fsp3) is 0.0909. The smallest absolute Gasteiger partial charge is 0.191 e. The van der Waals surface area contributed by atoms with Gasteiger partial charge in [0.25, 0.3) is 0 Å². The molecule has 0 spiro atoms. The predicted molar refractivity (Wildman–Crippen MR) is 73.8 cm³/mol. The molecule has 0 radical (unpaired) electrons. The van der Waals surface area contributed by atoms with E-state index in [0.717, 1.165) is 4.47 Å². The third kappa shape index (κ3) is 2.88. The van der Waals surface area contributed by atoms with E-state index >= 15 is 0 Å². The molecule has 1 heterocycles. The van der Waals surface area contributed by atoms with Crippen LogP contribution >= 0.6 is 27.3 Å². The van der Waals surface area contributed by atoms with Crippen LogP contribution in [0.3, 0.4) is 0 Å². The van der Waals surface area contributed by atoms with Gasteiger partial charge in [-0.2, -0.15) is 0 Å². The number of hydrogen-bond acceptors (Lipinski definition) is 4. The topological polar surface area (TPSA) is 60.2 Å². The molecule has 0 saturated heterocycles. The van der Waals surface area contributed by atoms with Crippen LogP contribution in [0.1, 0.15) is 5.56 Å². The molecule has 0 unspecified atom stereocenters. The Morgan fingerprint density at radius 1 is 1.29 bits per heavy atom. The van der Waals surface area contributed by atoms with Gasteiger partial charge in [-0.15, -0.1) is 11.3 Å². The van der Waals surface area contributed by atoms with E-state index in [1.165, 1.54) is 11.3 Å². The Balaban J connectivity index is 2.33. The van der Waals surface area contributed by atoms with Gasteiger partial charge in [0.05, 0.1) is 5.75 Å². The summed E-state index contributed by atoms with van der Waals surface area (Å²) in [5, 5.41) is 1.75. The number of sulfone groups is 1. The van der Waals surface area contributed by atoms with Gasteiger partial charge in [-0.05, 0) is 29.1 Å². The van der Waals surface area contributed by atoms with Crippen molar-refractivity contribution in [3.05, 3.63) is 45.7 Å². The van der Waals surface area contributed by atoms with Crippen molar-refractivity contribution in [1.82, 2.24) is 0 Å². The summed E-state index contributed by atoms with van der Waals surface area (Å²) in [5.74, 6) is -0.0629. The maximum atomic E-state index is 12.0. The number of benzene rings is 1. The Kier molecular flexibility index (Phi) is 3.56. The average Bonchev–Trinajstić information content (AvgIpc) is 2.76. The molecule has 2 aromatic rings. The molecule has 0 aliphatic rings. The Morgan fingerprint density at radius 2 is 2.06 bits per heavy atom. The minimum atomic E-state index is -3.28. The zero-order chi connectivity index (χ0) is 12.5. The van der Waals surface area contributed by atoms with Crippen molar-refractivity contribution >= 4 is 42.8 Å². The summed E-state index contributed by atoms with van der Waals surface area (Å²) >= 11 is 4.51. The fourth-order valence-corrected chi connectivity index (χ4v) is 4.27. The second kappa shape index (κ2) is 4.80. The SMILES string of the molecule is Nc1cc(Br)ccc1CS(=O)(=O)c1cccs1. The standard InChI is InChI=1S/C11H10BrNO2S2/c12-9-4-3-8(10(13)6-9)7-17(14,15)11-2-1-5-16-11/h1-6H,7,13H2. The van der Waals surface area contributed by atoms with Gasteiger partial charge in [0.2, 0.25) is 0 Å². The number of nitrogens with two attached hydrogens (primary N) is 1. The Hall–Kier alpha value is -0.850. The molecule has 90 valence electrons. The van der Waals surface area contributed by atoms with Gasteiger partial charge in [0.15, 0.2) is 9.84 Å². The van der Waals surface area contributed by atoms with Crippen molar-refractivity contribution in [3.63, 3.8) is 0 Å². The Bertz CT molecular complexity index is 621. The largest absolute Gasteiger partial charge is 0.398 e. The van der Waals surface area contributed by atoms with E-state index in [-0.39, 0.29) is 5.75 Å². The molecule has 0 amide bonds. The van der Waals surface area contributed by atoms with Gasteiger partial charge in [-0.1, -0.05) is 28.1 Å². The molecule has 2 rings (SSSR count). The van der Waals surface area contributed by atoms with Crippen LogP contribution in [0.15, 0.2) is 44.4 Å². The molecule has 1 aromatic heterocycles. The van der Waals surface area contributed by atoms with E-state index in [2.05, 4.69) is 15.9 Å². The molecule has 0 aliphatic heterocycles. The lowest BCUT2D eigenvalue weighted by molar-refractivity contribution is 0.597. The highest BCUT2D eigenvalue weighted by Gasteiger charge is 2.17. The first-order valence-electron chi connectivity index (χ1n) is 4.79. The van der Waals surface area contributed by atoms with Crippen LogP contribution in [-0.4, -0.2) is 8.42 Å². The molecule has 1 aromatic carbocycles. The zero-order valence-electron chi connectivity index (χ0n) is 8.76. The van der Waals surface area contributed by atoms with E-state index in [9.17, 15) is 8.42 Å². The van der Waals surface area contributed by atoms with Gasteiger partial charge >= 0.3 is 0 Å². The van der Waals surface area contributed by atoms with Crippen LogP contribution in [0.5, 0.6) is 0 Å². The van der Waals surface area contributed by atoms with Crippen LogP contribution < -0.4 is 5.73 Å². The minimum absolute atomic E-state index is 0.0629. The summed E-state index contributed by atoms with van der Waals surface area (Å²) in [6.45, 7) is 0. The first-order valence-corrected chi connectivity index (χ1v) is 8.12. The van der Waals surface area contributed by atoms with Crippen molar-refractivity contribution in [1.29, 1.82) is 0 Å². The monoisotopic (exact) mass is 331 g/mol. The summed E-state index contributed by atoms with van der Waals surface area (Å²) in [6, 6.07) is 8.55. The maximum Gasteiger partial charge on any atom is 0.191 e. The van der Waals surface area contributed by atoms with Gasteiger partial charge in [0.1, 0.15) is 4.21 Å². The third-order valence-electron chi connectivity index (χ3n) is 2.26. The average molecular weight is 332 g/mol. The van der Waals surface area contributed by atoms with Crippen molar-refractivity contribution in [2.45, 2.75) is 9.96 Å². The third-order valence-corrected chi connectivity index (χ3v) is 5.90. The summed E-state index contributed by atoms with van der Waals surface area (Å²) in [7, 11) is -3.28. The Morgan fingerprint density at radius 3 is 2.65 bits per heavy atom. The van der Waals surface area contributed by atoms with E-state index in [1.807, 2.05) is 0 Å². The van der Waals surface area contributed by atoms with Crippen molar-refractivity contribution in [2.24, 2.45) is 0 Å². The van der Waals surface area contributed by atoms with E-state index in [4.69, 9.17) is 5.73 Å². The first kappa shape index (κ1) is 12.6.